The molecule has 18 heavy (non-hydrogen) atoms. The first-order valence-electron chi connectivity index (χ1n) is 6.43. The summed E-state index contributed by atoms with van der Waals surface area (Å²) >= 11 is 0. The molecule has 2 atom stereocenters. The highest BCUT2D eigenvalue weighted by atomic mass is 16.2. The molecule has 1 aromatic heterocycles. The van der Waals surface area contributed by atoms with Gasteiger partial charge in [-0.3, -0.25) is 4.79 Å². The van der Waals surface area contributed by atoms with Crippen LogP contribution in [-0.2, 0) is 7.05 Å². The van der Waals surface area contributed by atoms with Crippen molar-refractivity contribution in [2.75, 3.05) is 6.54 Å². The molecule has 0 spiro atoms. The second-order valence-corrected chi connectivity index (χ2v) is 5.36. The Bertz CT molecular complexity index is 430. The second-order valence-electron chi connectivity index (χ2n) is 5.36. The van der Waals surface area contributed by atoms with E-state index in [1.165, 1.54) is 17.4 Å². The average Bonchev–Trinajstić information content (AvgIpc) is 2.76. The van der Waals surface area contributed by atoms with E-state index in [1.54, 1.807) is 7.05 Å². The van der Waals surface area contributed by atoms with Crippen LogP contribution in [0.5, 0.6) is 0 Å². The third-order valence-corrected chi connectivity index (χ3v) is 3.69. The Morgan fingerprint density at radius 1 is 1.72 bits per heavy atom. The van der Waals surface area contributed by atoms with Crippen LogP contribution in [0.15, 0.2) is 6.20 Å². The average molecular weight is 251 g/mol. The van der Waals surface area contributed by atoms with Crippen molar-refractivity contribution in [2.24, 2.45) is 18.7 Å². The molecule has 6 nitrogen and oxygen atoms in total. The normalized spacial score (nSPS) is 28.1. The van der Waals surface area contributed by atoms with E-state index in [4.69, 9.17) is 5.73 Å². The lowest BCUT2D eigenvalue weighted by Gasteiger charge is -2.39. The van der Waals surface area contributed by atoms with Crippen molar-refractivity contribution >= 4 is 5.91 Å². The Hall–Kier alpha value is -1.43. The number of nitrogens with zero attached hydrogens (tertiary/aromatic N) is 3. The van der Waals surface area contributed by atoms with Crippen molar-refractivity contribution in [2.45, 2.75) is 38.1 Å². The van der Waals surface area contributed by atoms with Gasteiger partial charge < -0.3 is 11.1 Å². The van der Waals surface area contributed by atoms with Gasteiger partial charge in [-0.25, -0.2) is 0 Å². The smallest absolute Gasteiger partial charge is 0.273 e. The van der Waals surface area contributed by atoms with Crippen LogP contribution in [0.4, 0.5) is 0 Å². The molecule has 2 unspecified atom stereocenters. The first-order valence-corrected chi connectivity index (χ1v) is 6.43. The summed E-state index contributed by atoms with van der Waals surface area (Å²) in [5, 5.41) is 11.0. The summed E-state index contributed by atoms with van der Waals surface area (Å²) in [4.78, 5) is 13.5. The van der Waals surface area contributed by atoms with Crippen molar-refractivity contribution in [3.8, 4) is 0 Å². The molecule has 3 N–H and O–H groups in total. The van der Waals surface area contributed by atoms with Crippen LogP contribution < -0.4 is 11.1 Å². The summed E-state index contributed by atoms with van der Waals surface area (Å²) in [6, 6.07) is 0. The molecular formula is C12H21N5O. The highest BCUT2D eigenvalue weighted by Gasteiger charge is 2.35. The number of aryl methyl sites for hydroxylation is 1. The standard InChI is InChI=1S/C12H21N5O/c1-9-4-3-5-12(6-9,8-13)15-11(18)10-7-14-17(2)16-10/h7,9H,3-6,8,13H2,1-2H3,(H,15,18). The fraction of sp³-hybridized carbons (Fsp3) is 0.750. The Morgan fingerprint density at radius 3 is 3.06 bits per heavy atom. The first-order chi connectivity index (χ1) is 8.54. The number of nitrogens with one attached hydrogen (secondary N) is 1. The monoisotopic (exact) mass is 251 g/mol. The molecule has 1 aliphatic rings. The number of carbonyl (C=O) groups excluding carboxylic acids is 1. The molecule has 1 heterocycles. The predicted octanol–water partition coefficient (Wildman–Crippen LogP) is 0.453. The van der Waals surface area contributed by atoms with Gasteiger partial charge in [0.1, 0.15) is 0 Å². The minimum Gasteiger partial charge on any atom is -0.344 e. The zero-order valence-corrected chi connectivity index (χ0v) is 11.0. The van der Waals surface area contributed by atoms with E-state index in [0.29, 0.717) is 18.2 Å². The summed E-state index contributed by atoms with van der Waals surface area (Å²) in [6.45, 7) is 2.68. The third kappa shape index (κ3) is 2.69. The van der Waals surface area contributed by atoms with Gasteiger partial charge in [-0.05, 0) is 18.8 Å². The lowest BCUT2D eigenvalue weighted by Crippen LogP contribution is -2.56. The van der Waals surface area contributed by atoms with Gasteiger partial charge in [-0.1, -0.05) is 19.8 Å². The van der Waals surface area contributed by atoms with Crippen LogP contribution in [0.3, 0.4) is 0 Å². The summed E-state index contributed by atoms with van der Waals surface area (Å²) < 4.78 is 0. The fourth-order valence-corrected chi connectivity index (χ4v) is 2.76. The number of carbonyl (C=O) groups is 1. The van der Waals surface area contributed by atoms with E-state index in [9.17, 15) is 4.79 Å². The third-order valence-electron chi connectivity index (χ3n) is 3.69. The number of hydrogen-bond acceptors (Lipinski definition) is 4. The van der Waals surface area contributed by atoms with Gasteiger partial charge in [0.25, 0.3) is 5.91 Å². The van der Waals surface area contributed by atoms with Crippen molar-refractivity contribution < 1.29 is 4.79 Å². The molecule has 1 aromatic rings. The highest BCUT2D eigenvalue weighted by Crippen LogP contribution is 2.31. The molecule has 0 aliphatic heterocycles. The quantitative estimate of drug-likeness (QED) is 0.817. The largest absolute Gasteiger partial charge is 0.344 e. The van der Waals surface area contributed by atoms with Gasteiger partial charge in [0, 0.05) is 13.6 Å². The maximum Gasteiger partial charge on any atom is 0.273 e. The number of nitrogens with two attached hydrogens (primary N) is 1. The molecule has 1 amide bonds. The van der Waals surface area contributed by atoms with Crippen LogP contribution in [0.1, 0.15) is 43.1 Å². The molecule has 0 aromatic carbocycles. The molecule has 0 bridgehead atoms. The number of aromatic nitrogens is 3. The van der Waals surface area contributed by atoms with Gasteiger partial charge in [0.05, 0.1) is 11.7 Å². The number of rotatable bonds is 3. The van der Waals surface area contributed by atoms with E-state index >= 15 is 0 Å². The van der Waals surface area contributed by atoms with E-state index in [-0.39, 0.29) is 11.4 Å². The van der Waals surface area contributed by atoms with E-state index in [0.717, 1.165) is 19.3 Å². The number of amides is 1. The predicted molar refractivity (Wildman–Crippen MR) is 67.9 cm³/mol. The highest BCUT2D eigenvalue weighted by molar-refractivity contribution is 5.92. The van der Waals surface area contributed by atoms with E-state index in [1.807, 2.05) is 0 Å². The van der Waals surface area contributed by atoms with Gasteiger partial charge in [-0.2, -0.15) is 9.90 Å². The zero-order chi connectivity index (χ0) is 13.2. The Kier molecular flexibility index (Phi) is 3.65. The lowest BCUT2D eigenvalue weighted by molar-refractivity contribution is 0.0848. The van der Waals surface area contributed by atoms with Gasteiger partial charge in [-0.15, -0.1) is 5.10 Å². The fourth-order valence-electron chi connectivity index (χ4n) is 2.76. The van der Waals surface area contributed by atoms with Crippen molar-refractivity contribution in [1.82, 2.24) is 20.3 Å². The van der Waals surface area contributed by atoms with Crippen LogP contribution in [0.2, 0.25) is 0 Å². The first kappa shape index (κ1) is 13.0. The summed E-state index contributed by atoms with van der Waals surface area (Å²) in [5.41, 5.74) is 5.96. The van der Waals surface area contributed by atoms with Crippen LogP contribution in [-0.4, -0.2) is 33.0 Å². The van der Waals surface area contributed by atoms with Crippen LogP contribution >= 0.6 is 0 Å². The molecular weight excluding hydrogens is 230 g/mol. The van der Waals surface area contributed by atoms with Crippen molar-refractivity contribution in [1.29, 1.82) is 0 Å². The molecule has 0 saturated heterocycles. The Balaban J connectivity index is 2.08. The molecule has 1 aliphatic carbocycles. The minimum absolute atomic E-state index is 0.178. The van der Waals surface area contributed by atoms with Crippen molar-refractivity contribution in [3.05, 3.63) is 11.9 Å². The molecule has 1 fully saturated rings. The SMILES string of the molecule is CC1CCCC(CN)(NC(=O)c2cnn(C)n2)C1. The van der Waals surface area contributed by atoms with Crippen LogP contribution in [0, 0.1) is 5.92 Å². The second kappa shape index (κ2) is 5.06. The van der Waals surface area contributed by atoms with Crippen molar-refractivity contribution in [3.63, 3.8) is 0 Å². The molecule has 100 valence electrons. The van der Waals surface area contributed by atoms with Gasteiger partial charge in [0.15, 0.2) is 5.69 Å². The van der Waals surface area contributed by atoms with E-state index in [2.05, 4.69) is 22.4 Å². The summed E-state index contributed by atoms with van der Waals surface area (Å²) in [5.74, 6) is 0.423. The molecule has 6 heteroatoms. The molecule has 1 saturated carbocycles. The maximum absolute atomic E-state index is 12.1. The molecule has 2 rings (SSSR count). The molecule has 0 radical (unpaired) electrons. The maximum atomic E-state index is 12.1. The van der Waals surface area contributed by atoms with Gasteiger partial charge in [0.2, 0.25) is 0 Å². The Labute approximate surface area is 107 Å². The Morgan fingerprint density at radius 2 is 2.50 bits per heavy atom. The summed E-state index contributed by atoms with van der Waals surface area (Å²) in [6.07, 6.45) is 5.68. The van der Waals surface area contributed by atoms with Gasteiger partial charge >= 0.3 is 0 Å². The van der Waals surface area contributed by atoms with E-state index < -0.39 is 0 Å². The number of hydrogen-bond donors (Lipinski definition) is 2. The van der Waals surface area contributed by atoms with Crippen LogP contribution in [0.25, 0.3) is 0 Å². The minimum atomic E-state index is -0.272. The summed E-state index contributed by atoms with van der Waals surface area (Å²) in [7, 11) is 1.69. The topological polar surface area (TPSA) is 85.8 Å². The lowest BCUT2D eigenvalue weighted by atomic mass is 9.76. The zero-order valence-electron chi connectivity index (χ0n) is 11.0.